The van der Waals surface area contributed by atoms with Gasteiger partial charge in [-0.25, -0.2) is 31.2 Å². The number of amides is 2. The van der Waals surface area contributed by atoms with E-state index in [1.165, 1.54) is 32.2 Å². The van der Waals surface area contributed by atoms with Crippen LogP contribution in [-0.2, 0) is 38.0 Å². The number of carbonyl (C=O) groups is 3. The Morgan fingerprint density at radius 1 is 0.917 bits per heavy atom. The molecule has 2 amide bonds. The fourth-order valence-electron chi connectivity index (χ4n) is 2.08. The van der Waals surface area contributed by atoms with Crippen LogP contribution < -0.4 is 5.48 Å². The summed E-state index contributed by atoms with van der Waals surface area (Å²) in [7, 11) is -1.13. The number of hydrogen-bond donors (Lipinski definition) is 1. The first-order chi connectivity index (χ1) is 16.0. The van der Waals surface area contributed by atoms with E-state index in [1.54, 1.807) is 41.5 Å². The average molecular weight is 573 g/mol. The highest BCUT2D eigenvalue weighted by atomic mass is 35.7. The first-order valence-electron chi connectivity index (χ1n) is 10.3. The quantitative estimate of drug-likeness (QED) is 0.322. The largest absolute Gasteiger partial charge is 0.444 e. The van der Waals surface area contributed by atoms with Gasteiger partial charge in [-0.05, 0) is 60.6 Å². The van der Waals surface area contributed by atoms with Crippen molar-refractivity contribution in [1.82, 2.24) is 10.4 Å². The molecule has 206 valence electrons. The molecule has 15 heteroatoms. The van der Waals surface area contributed by atoms with Crippen molar-refractivity contribution in [2.45, 2.75) is 75.5 Å². The number of hydrogen-bond acceptors (Lipinski definition) is 10. The minimum atomic E-state index is -4.02. The standard InChI is InChI=1S/C14H26N2O6.C7H7ClO4S2/c1-9(16(8)12(19)21-14(5,6)7)10(17)22-15-11(18)20-13(2,3)4;1-13(9,10)6-4-2-3-5-7(6)14(8,11)12/h9H,1-8H3,(H,15,18);2-5H,1H3/t9-;/m0./s1. The van der Waals surface area contributed by atoms with Gasteiger partial charge in [-0.1, -0.05) is 12.1 Å². The first kappa shape index (κ1) is 33.4. The maximum absolute atomic E-state index is 11.8. The van der Waals surface area contributed by atoms with Gasteiger partial charge in [-0.15, -0.1) is 5.48 Å². The predicted molar refractivity (Wildman–Crippen MR) is 132 cm³/mol. The van der Waals surface area contributed by atoms with Crippen molar-refractivity contribution in [1.29, 1.82) is 0 Å². The van der Waals surface area contributed by atoms with E-state index in [9.17, 15) is 31.2 Å². The van der Waals surface area contributed by atoms with Crippen molar-refractivity contribution in [3.63, 3.8) is 0 Å². The third-order valence-corrected chi connectivity index (χ3v) is 6.41. The molecule has 0 aliphatic heterocycles. The van der Waals surface area contributed by atoms with Crippen LogP contribution in [0.5, 0.6) is 0 Å². The second-order valence-corrected chi connectivity index (χ2v) is 14.0. The summed E-state index contributed by atoms with van der Waals surface area (Å²) in [5.74, 6) is -0.820. The van der Waals surface area contributed by atoms with Crippen LogP contribution in [0.3, 0.4) is 0 Å². The average Bonchev–Trinajstić information content (AvgIpc) is 2.67. The van der Waals surface area contributed by atoms with Gasteiger partial charge in [0.05, 0.1) is 4.90 Å². The van der Waals surface area contributed by atoms with E-state index in [0.717, 1.165) is 17.2 Å². The maximum Gasteiger partial charge on any atom is 0.441 e. The molecule has 0 saturated carbocycles. The summed E-state index contributed by atoms with van der Waals surface area (Å²) in [6, 6.07) is 4.25. The normalized spacial score (nSPS) is 12.8. The SMILES string of the molecule is CS(=O)(=O)c1ccccc1S(=O)(=O)Cl.C[C@@H](C(=O)ONC(=O)OC(C)(C)C)N(C)C(=O)OC(C)(C)C. The summed E-state index contributed by atoms with van der Waals surface area (Å²) in [6.07, 6.45) is -0.643. The minimum Gasteiger partial charge on any atom is -0.444 e. The highest BCUT2D eigenvalue weighted by molar-refractivity contribution is 8.14. The second kappa shape index (κ2) is 12.6. The molecule has 0 aliphatic carbocycles. The molecule has 1 N–H and O–H groups in total. The van der Waals surface area contributed by atoms with E-state index < -0.39 is 54.3 Å². The number of nitrogens with one attached hydrogen (secondary N) is 1. The van der Waals surface area contributed by atoms with Gasteiger partial charge in [0, 0.05) is 24.0 Å². The van der Waals surface area contributed by atoms with E-state index in [2.05, 4.69) is 4.84 Å². The Morgan fingerprint density at radius 2 is 1.36 bits per heavy atom. The van der Waals surface area contributed by atoms with E-state index in [4.69, 9.17) is 20.2 Å². The van der Waals surface area contributed by atoms with Gasteiger partial charge in [0.15, 0.2) is 9.84 Å². The topological polar surface area (TPSA) is 162 Å². The molecule has 0 aliphatic rings. The highest BCUT2D eigenvalue weighted by Crippen LogP contribution is 2.23. The number of ether oxygens (including phenoxy) is 2. The summed E-state index contributed by atoms with van der Waals surface area (Å²) in [5.41, 5.74) is 0.483. The third kappa shape index (κ3) is 12.9. The molecule has 0 radical (unpaired) electrons. The molecule has 1 rings (SSSR count). The Bertz CT molecular complexity index is 1100. The number of nitrogens with zero attached hydrogens (tertiary/aromatic N) is 1. The highest BCUT2D eigenvalue weighted by Gasteiger charge is 2.29. The van der Waals surface area contributed by atoms with Gasteiger partial charge in [-0.3, -0.25) is 4.90 Å². The lowest BCUT2D eigenvalue weighted by molar-refractivity contribution is -0.155. The maximum atomic E-state index is 11.8. The molecule has 1 aromatic rings. The van der Waals surface area contributed by atoms with Crippen LogP contribution in [-0.4, -0.2) is 70.4 Å². The Labute approximate surface area is 216 Å². The number of sulfone groups is 1. The number of halogens is 1. The van der Waals surface area contributed by atoms with Crippen molar-refractivity contribution in [2.75, 3.05) is 13.3 Å². The predicted octanol–water partition coefficient (Wildman–Crippen LogP) is 3.24. The Kier molecular flexibility index (Phi) is 11.7. The molecule has 1 aromatic carbocycles. The molecule has 1 atom stereocenters. The van der Waals surface area contributed by atoms with Gasteiger partial charge in [0.25, 0.3) is 9.05 Å². The van der Waals surface area contributed by atoms with Crippen LogP contribution in [0, 0.1) is 0 Å². The molecule has 36 heavy (non-hydrogen) atoms. The van der Waals surface area contributed by atoms with Gasteiger partial charge < -0.3 is 14.3 Å². The van der Waals surface area contributed by atoms with Crippen molar-refractivity contribution >= 4 is 47.7 Å². The van der Waals surface area contributed by atoms with Gasteiger partial charge >= 0.3 is 18.2 Å². The Balaban J connectivity index is 0.000000748. The molecule has 0 fully saturated rings. The zero-order chi connectivity index (χ0) is 28.7. The number of hydroxylamine groups is 1. The van der Waals surface area contributed by atoms with Gasteiger partial charge in [0.2, 0.25) is 0 Å². The molecule has 0 bridgehead atoms. The zero-order valence-corrected chi connectivity index (χ0v) is 24.0. The van der Waals surface area contributed by atoms with Crippen LogP contribution in [0.2, 0.25) is 0 Å². The van der Waals surface area contributed by atoms with Crippen LogP contribution in [0.25, 0.3) is 0 Å². The van der Waals surface area contributed by atoms with Crippen LogP contribution >= 0.6 is 10.7 Å². The zero-order valence-electron chi connectivity index (χ0n) is 21.6. The second-order valence-electron chi connectivity index (χ2n) is 9.45. The lowest BCUT2D eigenvalue weighted by atomic mass is 10.2. The smallest absolute Gasteiger partial charge is 0.441 e. The van der Waals surface area contributed by atoms with Crippen molar-refractivity contribution in [2.24, 2.45) is 0 Å². The molecular weight excluding hydrogens is 540 g/mol. The minimum absolute atomic E-state index is 0.282. The van der Waals surface area contributed by atoms with Gasteiger partial charge in [-0.2, -0.15) is 0 Å². The van der Waals surface area contributed by atoms with Crippen LogP contribution in [0.4, 0.5) is 9.59 Å². The van der Waals surface area contributed by atoms with Crippen molar-refractivity contribution in [3.8, 4) is 0 Å². The summed E-state index contributed by atoms with van der Waals surface area (Å²) in [5, 5.41) is 0. The summed E-state index contributed by atoms with van der Waals surface area (Å²) in [6.45, 7) is 11.6. The van der Waals surface area contributed by atoms with Crippen LogP contribution in [0.1, 0.15) is 48.5 Å². The lowest BCUT2D eigenvalue weighted by Crippen LogP contribution is -2.46. The number of likely N-dealkylation sites (N-methyl/N-ethyl adjacent to an activating group) is 1. The van der Waals surface area contributed by atoms with Crippen molar-refractivity contribution in [3.05, 3.63) is 24.3 Å². The lowest BCUT2D eigenvalue weighted by Gasteiger charge is -2.27. The number of benzene rings is 1. The van der Waals surface area contributed by atoms with E-state index >= 15 is 0 Å². The monoisotopic (exact) mass is 572 g/mol. The van der Waals surface area contributed by atoms with E-state index in [-0.39, 0.29) is 9.79 Å². The molecule has 0 heterocycles. The van der Waals surface area contributed by atoms with Gasteiger partial charge in [0.1, 0.15) is 22.1 Å². The summed E-state index contributed by atoms with van der Waals surface area (Å²) >= 11 is 0. The molecule has 0 spiro atoms. The van der Waals surface area contributed by atoms with Crippen molar-refractivity contribution < 1.29 is 45.5 Å². The first-order valence-corrected chi connectivity index (χ1v) is 14.5. The van der Waals surface area contributed by atoms with E-state index in [1.807, 2.05) is 5.48 Å². The number of carbonyl (C=O) groups excluding carboxylic acids is 3. The fourth-order valence-corrected chi connectivity index (χ4v) is 4.72. The van der Waals surface area contributed by atoms with E-state index in [0.29, 0.717) is 0 Å². The molecule has 0 aromatic heterocycles. The van der Waals surface area contributed by atoms with Crippen LogP contribution in [0.15, 0.2) is 34.1 Å². The summed E-state index contributed by atoms with van der Waals surface area (Å²) in [4.78, 5) is 40.0. The molecular formula is C21H33ClN2O10S2. The molecule has 0 unspecified atom stereocenters. The fraction of sp³-hybridized carbons (Fsp3) is 0.571. The Hall–Kier alpha value is -2.58. The molecule has 12 nitrogen and oxygen atoms in total. The Morgan fingerprint density at radius 3 is 1.72 bits per heavy atom. The third-order valence-electron chi connectivity index (χ3n) is 3.75. The molecule has 0 saturated heterocycles. The summed E-state index contributed by atoms with van der Waals surface area (Å²) < 4.78 is 54.4. The number of rotatable bonds is 4.